The number of hydrogen-bond acceptors (Lipinski definition) is 8. The number of nitrogens with zero attached hydrogens (tertiary/aromatic N) is 7. The van der Waals surface area contributed by atoms with Gasteiger partial charge in [0.25, 0.3) is 11.8 Å². The standard InChI is InChI=1S/C54H61N7O6/c1-36(2)32-59-35-45(31-55-59)61(44-12-14-46(62)15-13-44)54(65)48-30-51(56(5)38(48)4)49-28-41-18-19-58(52(63)27-39-10-16-47(17-11-39)67-25-22-57-20-23-66-24-21-57)33-43(41)29-50(49)53(64)60-34-42-9-7-6-8-40(42)26-37(60)3/h6-17,28-31,35-37,62H,18-27,32-34H2,1-5H3/t37-/m1/s1. The Bertz CT molecular complexity index is 2750. The maximum absolute atomic E-state index is 15.2. The fourth-order valence-electron chi connectivity index (χ4n) is 9.65. The van der Waals surface area contributed by atoms with Crippen molar-refractivity contribution in [3.8, 4) is 22.8 Å². The molecule has 3 amide bonds. The predicted molar refractivity (Wildman–Crippen MR) is 259 cm³/mol. The minimum absolute atomic E-state index is 0.0268. The van der Waals surface area contributed by atoms with Gasteiger partial charge in [0.2, 0.25) is 5.91 Å². The number of carbonyl (C=O) groups excluding carboxylic acids is 3. The number of morpholine rings is 1. The fraction of sp³-hybridized carbons (Fsp3) is 0.370. The van der Waals surface area contributed by atoms with Gasteiger partial charge in [-0.3, -0.25) is 28.9 Å². The van der Waals surface area contributed by atoms with Crippen LogP contribution in [0.15, 0.2) is 103 Å². The van der Waals surface area contributed by atoms with Gasteiger partial charge in [-0.1, -0.05) is 50.2 Å². The SMILES string of the molecule is Cc1c(C(=O)N(c2ccc(O)cc2)c2cnn(CC(C)C)c2)cc(-c2cc3c(cc2C(=O)N2Cc4ccccc4C[C@H]2C)CN(C(=O)Cc2ccc(OCCN4CCOCC4)cc2)CC3)n1C. The zero-order valence-corrected chi connectivity index (χ0v) is 39.3. The Labute approximate surface area is 393 Å². The first-order chi connectivity index (χ1) is 32.4. The van der Waals surface area contributed by atoms with Crippen LogP contribution in [0.3, 0.4) is 0 Å². The quantitative estimate of drug-likeness (QED) is 0.124. The molecule has 13 heteroatoms. The molecule has 0 spiro atoms. The number of ether oxygens (including phenoxy) is 2. The van der Waals surface area contributed by atoms with Crippen molar-refractivity contribution in [2.24, 2.45) is 13.0 Å². The average Bonchev–Trinajstić information content (AvgIpc) is 3.91. The van der Waals surface area contributed by atoms with Crippen molar-refractivity contribution in [2.45, 2.75) is 72.6 Å². The molecule has 0 aliphatic carbocycles. The lowest BCUT2D eigenvalue weighted by atomic mass is 9.89. The second-order valence-electron chi connectivity index (χ2n) is 18.7. The molecule has 4 aromatic carbocycles. The molecule has 5 heterocycles. The highest BCUT2D eigenvalue weighted by Crippen LogP contribution is 2.37. The van der Waals surface area contributed by atoms with E-state index in [1.54, 1.807) is 35.4 Å². The van der Waals surface area contributed by atoms with E-state index < -0.39 is 0 Å². The van der Waals surface area contributed by atoms with Gasteiger partial charge in [0.1, 0.15) is 18.1 Å². The molecule has 1 fully saturated rings. The van der Waals surface area contributed by atoms with Crippen LogP contribution in [0.2, 0.25) is 0 Å². The molecule has 348 valence electrons. The molecular formula is C54H61N7O6. The third-order valence-electron chi connectivity index (χ3n) is 13.5. The molecule has 9 rings (SSSR count). The van der Waals surface area contributed by atoms with Gasteiger partial charge in [-0.25, -0.2) is 0 Å². The number of aromatic hydroxyl groups is 1. The van der Waals surface area contributed by atoms with Crippen molar-refractivity contribution < 1.29 is 29.0 Å². The molecule has 1 atom stereocenters. The van der Waals surface area contributed by atoms with Crippen molar-refractivity contribution in [2.75, 3.05) is 50.9 Å². The Morgan fingerprint density at radius 1 is 0.866 bits per heavy atom. The summed E-state index contributed by atoms with van der Waals surface area (Å²) in [5, 5.41) is 14.8. The Morgan fingerprint density at radius 2 is 1.61 bits per heavy atom. The number of fused-ring (bicyclic) bond motifs is 2. The summed E-state index contributed by atoms with van der Waals surface area (Å²) in [6.07, 6.45) is 5.19. The Morgan fingerprint density at radius 3 is 2.36 bits per heavy atom. The van der Waals surface area contributed by atoms with Gasteiger partial charge in [0.15, 0.2) is 0 Å². The highest BCUT2D eigenvalue weighted by Gasteiger charge is 2.33. The van der Waals surface area contributed by atoms with Crippen molar-refractivity contribution >= 4 is 29.1 Å². The lowest BCUT2D eigenvalue weighted by Gasteiger charge is -2.36. The van der Waals surface area contributed by atoms with Crippen LogP contribution in [-0.2, 0) is 55.5 Å². The molecule has 1 saturated heterocycles. The number of anilines is 2. The van der Waals surface area contributed by atoms with E-state index in [2.05, 4.69) is 49.0 Å². The molecule has 0 radical (unpaired) electrons. The van der Waals surface area contributed by atoms with Crippen LogP contribution in [0.25, 0.3) is 11.3 Å². The normalized spacial score (nSPS) is 16.2. The number of aromatic nitrogens is 3. The number of amides is 3. The predicted octanol–water partition coefficient (Wildman–Crippen LogP) is 7.96. The molecular weight excluding hydrogens is 843 g/mol. The molecule has 0 saturated carbocycles. The maximum Gasteiger partial charge on any atom is 0.264 e. The van der Waals surface area contributed by atoms with Gasteiger partial charge < -0.3 is 28.9 Å². The van der Waals surface area contributed by atoms with Gasteiger partial charge in [-0.2, -0.15) is 5.10 Å². The molecule has 3 aliphatic heterocycles. The van der Waals surface area contributed by atoms with Crippen molar-refractivity contribution in [1.82, 2.24) is 29.0 Å². The second-order valence-corrected chi connectivity index (χ2v) is 18.7. The van der Waals surface area contributed by atoms with Crippen LogP contribution in [0.1, 0.15) is 75.0 Å². The third-order valence-corrected chi connectivity index (χ3v) is 13.5. The number of benzene rings is 4. The number of rotatable bonds is 13. The highest BCUT2D eigenvalue weighted by atomic mass is 16.5. The lowest BCUT2D eigenvalue weighted by molar-refractivity contribution is -0.131. The molecule has 13 nitrogen and oxygen atoms in total. The first-order valence-corrected chi connectivity index (χ1v) is 23.6. The van der Waals surface area contributed by atoms with Crippen LogP contribution >= 0.6 is 0 Å². The van der Waals surface area contributed by atoms with Crippen LogP contribution in [0.4, 0.5) is 11.4 Å². The molecule has 0 unspecified atom stereocenters. The third kappa shape index (κ3) is 9.89. The van der Waals surface area contributed by atoms with Crippen LogP contribution < -0.4 is 9.64 Å². The zero-order chi connectivity index (χ0) is 46.8. The van der Waals surface area contributed by atoms with Crippen LogP contribution in [-0.4, -0.2) is 104 Å². The number of phenolic OH excluding ortho intramolecular Hbond substituents is 1. The summed E-state index contributed by atoms with van der Waals surface area (Å²) in [5.74, 6) is 0.903. The maximum atomic E-state index is 15.2. The summed E-state index contributed by atoms with van der Waals surface area (Å²) in [6.45, 7) is 15.2. The van der Waals surface area contributed by atoms with Crippen molar-refractivity contribution in [3.63, 3.8) is 0 Å². The molecule has 67 heavy (non-hydrogen) atoms. The first kappa shape index (κ1) is 45.5. The van der Waals surface area contributed by atoms with Crippen LogP contribution in [0, 0.1) is 12.8 Å². The number of hydrogen-bond donors (Lipinski definition) is 1. The lowest BCUT2D eigenvalue weighted by Crippen LogP contribution is -2.43. The molecule has 3 aliphatic rings. The minimum atomic E-state index is -0.263. The van der Waals surface area contributed by atoms with Gasteiger partial charge in [-0.05, 0) is 115 Å². The minimum Gasteiger partial charge on any atom is -0.508 e. The van der Waals surface area contributed by atoms with E-state index in [9.17, 15) is 14.7 Å². The van der Waals surface area contributed by atoms with Gasteiger partial charge in [0.05, 0.1) is 37.1 Å². The topological polar surface area (TPSA) is 126 Å². The largest absolute Gasteiger partial charge is 0.508 e. The molecule has 0 bridgehead atoms. The fourth-order valence-corrected chi connectivity index (χ4v) is 9.65. The van der Waals surface area contributed by atoms with Crippen LogP contribution in [0.5, 0.6) is 11.5 Å². The van der Waals surface area contributed by atoms with E-state index in [4.69, 9.17) is 9.47 Å². The van der Waals surface area contributed by atoms with E-state index in [1.807, 2.05) is 87.7 Å². The van der Waals surface area contributed by atoms with E-state index >= 15 is 4.79 Å². The Hall–Kier alpha value is -6.70. The van der Waals surface area contributed by atoms with E-state index in [0.717, 1.165) is 84.2 Å². The zero-order valence-electron chi connectivity index (χ0n) is 39.3. The Balaban J connectivity index is 1.01. The summed E-state index contributed by atoms with van der Waals surface area (Å²) in [7, 11) is 1.94. The number of carbonyl (C=O) groups is 3. The van der Waals surface area contributed by atoms with Crippen molar-refractivity contribution in [1.29, 1.82) is 0 Å². The van der Waals surface area contributed by atoms with E-state index in [-0.39, 0.29) is 35.9 Å². The van der Waals surface area contributed by atoms with Crippen molar-refractivity contribution in [3.05, 3.63) is 148 Å². The average molecular weight is 904 g/mol. The molecule has 1 N–H and O–H groups in total. The summed E-state index contributed by atoms with van der Waals surface area (Å²) in [4.78, 5) is 51.9. The monoisotopic (exact) mass is 903 g/mol. The Kier molecular flexibility index (Phi) is 13.3. The summed E-state index contributed by atoms with van der Waals surface area (Å²) in [6, 6.07) is 28.6. The smallest absolute Gasteiger partial charge is 0.264 e. The molecule has 6 aromatic rings. The number of phenols is 1. The summed E-state index contributed by atoms with van der Waals surface area (Å²) >= 11 is 0. The van der Waals surface area contributed by atoms with Gasteiger partial charge in [0, 0.05) is 93.3 Å². The van der Waals surface area contributed by atoms with Gasteiger partial charge in [-0.15, -0.1) is 0 Å². The molecule has 2 aromatic heterocycles. The van der Waals surface area contributed by atoms with E-state index in [1.165, 1.54) is 5.56 Å². The second kappa shape index (κ2) is 19.6. The first-order valence-electron chi connectivity index (χ1n) is 23.6. The van der Waals surface area contributed by atoms with E-state index in [0.29, 0.717) is 67.6 Å². The van der Waals surface area contributed by atoms with Gasteiger partial charge >= 0.3 is 0 Å². The highest BCUT2D eigenvalue weighted by molar-refractivity contribution is 6.12. The summed E-state index contributed by atoms with van der Waals surface area (Å²) in [5.41, 5.74) is 9.73. The summed E-state index contributed by atoms with van der Waals surface area (Å²) < 4.78 is 15.3.